The molecule has 0 amide bonds. The number of aromatic nitrogens is 3. The zero-order chi connectivity index (χ0) is 18.8. The Bertz CT molecular complexity index is 941. The standard InChI is InChI=1S/C18H17Cl2N5O2/c1-26-14-4-2-3-12(9-14)16-22-18(27-23-16)25-7-5-24(6-8-25)17-15(20)10-13(19)11-21-17/h2-4,9-11H,5-8H2,1H3. The van der Waals surface area contributed by atoms with Crippen molar-refractivity contribution in [3.05, 3.63) is 46.6 Å². The van der Waals surface area contributed by atoms with Crippen LogP contribution in [-0.4, -0.2) is 48.4 Å². The van der Waals surface area contributed by atoms with Crippen molar-refractivity contribution in [2.45, 2.75) is 0 Å². The molecule has 0 radical (unpaired) electrons. The van der Waals surface area contributed by atoms with E-state index in [0.717, 1.165) is 43.3 Å². The fraction of sp³-hybridized carbons (Fsp3) is 0.278. The Hall–Kier alpha value is -2.51. The van der Waals surface area contributed by atoms with E-state index in [1.807, 2.05) is 24.3 Å². The zero-order valence-electron chi connectivity index (χ0n) is 14.6. The minimum Gasteiger partial charge on any atom is -0.497 e. The molecule has 140 valence electrons. The number of methoxy groups -OCH3 is 1. The van der Waals surface area contributed by atoms with Crippen molar-refractivity contribution in [2.75, 3.05) is 43.1 Å². The summed E-state index contributed by atoms with van der Waals surface area (Å²) in [6, 6.07) is 9.77. The van der Waals surface area contributed by atoms with Gasteiger partial charge in [0.1, 0.15) is 11.6 Å². The van der Waals surface area contributed by atoms with Crippen molar-refractivity contribution < 1.29 is 9.26 Å². The van der Waals surface area contributed by atoms with E-state index in [-0.39, 0.29) is 0 Å². The lowest BCUT2D eigenvalue weighted by atomic mass is 10.2. The van der Waals surface area contributed by atoms with Crippen LogP contribution in [0, 0.1) is 0 Å². The van der Waals surface area contributed by atoms with Crippen LogP contribution in [0.15, 0.2) is 41.1 Å². The van der Waals surface area contributed by atoms with Gasteiger partial charge >= 0.3 is 6.01 Å². The van der Waals surface area contributed by atoms with Crippen LogP contribution in [0.5, 0.6) is 5.75 Å². The number of nitrogens with zero attached hydrogens (tertiary/aromatic N) is 5. The molecule has 3 heterocycles. The first-order valence-electron chi connectivity index (χ1n) is 8.43. The van der Waals surface area contributed by atoms with Gasteiger partial charge in [0, 0.05) is 37.9 Å². The molecule has 0 aliphatic carbocycles. The highest BCUT2D eigenvalue weighted by molar-refractivity contribution is 6.36. The minimum atomic E-state index is 0.502. The van der Waals surface area contributed by atoms with Gasteiger partial charge in [0.05, 0.1) is 17.2 Å². The predicted octanol–water partition coefficient (Wildman–Crippen LogP) is 3.77. The van der Waals surface area contributed by atoms with E-state index in [2.05, 4.69) is 24.9 Å². The fourth-order valence-electron chi connectivity index (χ4n) is 2.97. The van der Waals surface area contributed by atoms with E-state index in [9.17, 15) is 0 Å². The largest absolute Gasteiger partial charge is 0.497 e. The molecule has 0 bridgehead atoms. The van der Waals surface area contributed by atoms with Crippen LogP contribution in [0.3, 0.4) is 0 Å². The van der Waals surface area contributed by atoms with Crippen LogP contribution in [0.1, 0.15) is 0 Å². The normalized spacial score (nSPS) is 14.5. The molecule has 1 aliphatic rings. The number of hydrogen-bond donors (Lipinski definition) is 0. The molecule has 1 fully saturated rings. The van der Waals surface area contributed by atoms with E-state index in [1.54, 1.807) is 19.4 Å². The first-order valence-corrected chi connectivity index (χ1v) is 9.19. The summed E-state index contributed by atoms with van der Waals surface area (Å²) < 4.78 is 10.7. The number of piperazine rings is 1. The topological polar surface area (TPSA) is 67.5 Å². The third kappa shape index (κ3) is 3.79. The Morgan fingerprint density at radius 1 is 1.07 bits per heavy atom. The first kappa shape index (κ1) is 17.9. The van der Waals surface area contributed by atoms with Crippen LogP contribution in [0.2, 0.25) is 10.0 Å². The maximum Gasteiger partial charge on any atom is 0.324 e. The van der Waals surface area contributed by atoms with Gasteiger partial charge in [-0.05, 0) is 18.2 Å². The molecule has 1 aromatic carbocycles. The lowest BCUT2D eigenvalue weighted by Gasteiger charge is -2.34. The van der Waals surface area contributed by atoms with Gasteiger partial charge in [0.25, 0.3) is 0 Å². The maximum atomic E-state index is 6.26. The van der Waals surface area contributed by atoms with Crippen molar-refractivity contribution in [2.24, 2.45) is 0 Å². The molecule has 0 atom stereocenters. The summed E-state index contributed by atoms with van der Waals surface area (Å²) in [5, 5.41) is 5.17. The Morgan fingerprint density at radius 2 is 1.85 bits per heavy atom. The highest BCUT2D eigenvalue weighted by Crippen LogP contribution is 2.28. The van der Waals surface area contributed by atoms with Crippen LogP contribution in [0.4, 0.5) is 11.8 Å². The molecule has 4 rings (SSSR count). The molecule has 0 spiro atoms. The van der Waals surface area contributed by atoms with Crippen LogP contribution >= 0.6 is 23.2 Å². The molecular weight excluding hydrogens is 389 g/mol. The van der Waals surface area contributed by atoms with Gasteiger partial charge in [-0.2, -0.15) is 4.98 Å². The van der Waals surface area contributed by atoms with E-state index in [1.165, 1.54) is 0 Å². The molecule has 0 saturated carbocycles. The monoisotopic (exact) mass is 405 g/mol. The Labute approximate surface area is 166 Å². The van der Waals surface area contributed by atoms with Gasteiger partial charge in [-0.15, -0.1) is 0 Å². The van der Waals surface area contributed by atoms with Gasteiger partial charge < -0.3 is 19.1 Å². The van der Waals surface area contributed by atoms with Gasteiger partial charge in [-0.3, -0.25) is 0 Å². The third-order valence-corrected chi connectivity index (χ3v) is 4.87. The summed E-state index contributed by atoms with van der Waals surface area (Å²) >= 11 is 12.2. The fourth-order valence-corrected chi connectivity index (χ4v) is 3.47. The van der Waals surface area contributed by atoms with Gasteiger partial charge in [-0.25, -0.2) is 4.98 Å². The van der Waals surface area contributed by atoms with E-state index >= 15 is 0 Å². The number of rotatable bonds is 4. The predicted molar refractivity (Wildman–Crippen MR) is 105 cm³/mol. The quantitative estimate of drug-likeness (QED) is 0.653. The molecule has 1 saturated heterocycles. The molecular formula is C18H17Cl2N5O2. The lowest BCUT2D eigenvalue weighted by molar-refractivity contribution is 0.409. The van der Waals surface area contributed by atoms with Crippen molar-refractivity contribution in [1.82, 2.24) is 15.1 Å². The molecule has 0 unspecified atom stereocenters. The lowest BCUT2D eigenvalue weighted by Crippen LogP contribution is -2.47. The number of hydrogen-bond acceptors (Lipinski definition) is 7. The number of pyridine rings is 1. The van der Waals surface area contributed by atoms with Crippen molar-refractivity contribution in [3.8, 4) is 17.1 Å². The van der Waals surface area contributed by atoms with Crippen molar-refractivity contribution in [3.63, 3.8) is 0 Å². The summed E-state index contributed by atoms with van der Waals surface area (Å²) in [4.78, 5) is 13.0. The Morgan fingerprint density at radius 3 is 2.59 bits per heavy atom. The second kappa shape index (κ2) is 7.62. The molecule has 2 aromatic heterocycles. The maximum absolute atomic E-state index is 6.26. The summed E-state index contributed by atoms with van der Waals surface area (Å²) in [5.41, 5.74) is 0.847. The van der Waals surface area contributed by atoms with E-state index in [4.69, 9.17) is 32.5 Å². The summed E-state index contributed by atoms with van der Waals surface area (Å²) in [5.74, 6) is 2.02. The SMILES string of the molecule is COc1cccc(-c2noc(N3CCN(c4ncc(Cl)cc4Cl)CC3)n2)c1. The van der Waals surface area contributed by atoms with Crippen LogP contribution < -0.4 is 14.5 Å². The Balaban J connectivity index is 1.45. The smallest absolute Gasteiger partial charge is 0.324 e. The minimum absolute atomic E-state index is 0.502. The van der Waals surface area contributed by atoms with Crippen molar-refractivity contribution in [1.29, 1.82) is 0 Å². The average Bonchev–Trinajstić information content (AvgIpc) is 3.18. The summed E-state index contributed by atoms with van der Waals surface area (Å²) in [7, 11) is 1.63. The molecule has 27 heavy (non-hydrogen) atoms. The molecule has 3 aromatic rings. The van der Waals surface area contributed by atoms with Gasteiger partial charge in [-0.1, -0.05) is 40.5 Å². The van der Waals surface area contributed by atoms with E-state index in [0.29, 0.717) is 21.9 Å². The van der Waals surface area contributed by atoms with E-state index < -0.39 is 0 Å². The molecule has 0 N–H and O–H groups in total. The van der Waals surface area contributed by atoms with Crippen molar-refractivity contribution >= 4 is 35.0 Å². The van der Waals surface area contributed by atoms with Gasteiger partial charge in [0.2, 0.25) is 5.82 Å². The molecule has 7 nitrogen and oxygen atoms in total. The average molecular weight is 406 g/mol. The molecule has 1 aliphatic heterocycles. The second-order valence-electron chi connectivity index (χ2n) is 6.07. The molecule has 9 heteroatoms. The number of benzene rings is 1. The van der Waals surface area contributed by atoms with Crippen LogP contribution in [0.25, 0.3) is 11.4 Å². The van der Waals surface area contributed by atoms with Crippen LogP contribution in [-0.2, 0) is 0 Å². The summed E-state index contributed by atoms with van der Waals surface area (Å²) in [6.45, 7) is 2.93. The second-order valence-corrected chi connectivity index (χ2v) is 6.91. The number of halogens is 2. The summed E-state index contributed by atoms with van der Waals surface area (Å²) in [6.07, 6.45) is 1.60. The highest BCUT2D eigenvalue weighted by atomic mass is 35.5. The third-order valence-electron chi connectivity index (χ3n) is 4.38. The zero-order valence-corrected chi connectivity index (χ0v) is 16.1. The Kier molecular flexibility index (Phi) is 5.05. The number of anilines is 2. The highest BCUT2D eigenvalue weighted by Gasteiger charge is 2.24. The number of ether oxygens (including phenoxy) is 1. The first-order chi connectivity index (χ1) is 13.1. The van der Waals surface area contributed by atoms with Gasteiger partial charge in [0.15, 0.2) is 0 Å².